The van der Waals surface area contributed by atoms with Crippen molar-refractivity contribution in [2.75, 3.05) is 31.6 Å². The van der Waals surface area contributed by atoms with Crippen LogP contribution in [0.5, 0.6) is 0 Å². The molecule has 1 aromatic heterocycles. The Labute approximate surface area is 164 Å². The van der Waals surface area contributed by atoms with Crippen LogP contribution in [0.2, 0.25) is 5.15 Å². The number of amides is 1. The maximum atomic E-state index is 11.9. The zero-order valence-electron chi connectivity index (χ0n) is 16.5. The van der Waals surface area contributed by atoms with Crippen molar-refractivity contribution in [3.8, 4) is 0 Å². The number of carbonyl (C=O) groups excluding carboxylic acids is 2. The largest absolute Gasteiger partial charge is 0.464 e. The fraction of sp³-hybridized carbons (Fsp3) is 0.667. The number of nitrogens with one attached hydrogen (secondary N) is 1. The molecule has 27 heavy (non-hydrogen) atoms. The number of methoxy groups -OCH3 is 1. The van der Waals surface area contributed by atoms with E-state index in [9.17, 15) is 9.59 Å². The average molecular weight is 399 g/mol. The summed E-state index contributed by atoms with van der Waals surface area (Å²) in [5, 5.41) is 2.89. The number of esters is 1. The molecule has 1 saturated heterocycles. The Balaban J connectivity index is 1.91. The summed E-state index contributed by atoms with van der Waals surface area (Å²) in [6.07, 6.45) is 2.85. The smallest absolute Gasteiger partial charge is 0.407 e. The number of hydrogen-bond acceptors (Lipinski definition) is 7. The Bertz CT molecular complexity index is 697. The molecule has 2 heterocycles. The van der Waals surface area contributed by atoms with Crippen LogP contribution in [0.25, 0.3) is 0 Å². The fourth-order valence-corrected chi connectivity index (χ4v) is 3.01. The fourth-order valence-electron chi connectivity index (χ4n) is 2.80. The van der Waals surface area contributed by atoms with Crippen molar-refractivity contribution < 1.29 is 19.1 Å². The minimum atomic E-state index is -0.613. The van der Waals surface area contributed by atoms with Gasteiger partial charge in [-0.2, -0.15) is 0 Å². The molecule has 0 aliphatic carbocycles. The molecular weight excluding hydrogens is 372 g/mol. The summed E-state index contributed by atoms with van der Waals surface area (Å²) in [7, 11) is 1.27. The first-order chi connectivity index (χ1) is 12.5. The van der Waals surface area contributed by atoms with Gasteiger partial charge in [0.25, 0.3) is 0 Å². The lowest BCUT2D eigenvalue weighted by atomic mass is 9.80. The molecule has 1 amide bonds. The van der Waals surface area contributed by atoms with E-state index >= 15 is 0 Å². The molecule has 8 nitrogen and oxygen atoms in total. The number of aromatic nitrogens is 2. The van der Waals surface area contributed by atoms with Gasteiger partial charge in [0.15, 0.2) is 10.8 Å². The van der Waals surface area contributed by atoms with Crippen LogP contribution in [0.1, 0.15) is 51.0 Å². The van der Waals surface area contributed by atoms with Gasteiger partial charge in [0, 0.05) is 19.6 Å². The van der Waals surface area contributed by atoms with E-state index in [-0.39, 0.29) is 16.3 Å². The van der Waals surface area contributed by atoms with Crippen LogP contribution < -0.4 is 10.2 Å². The number of rotatable bonds is 4. The van der Waals surface area contributed by atoms with Crippen LogP contribution >= 0.6 is 11.6 Å². The zero-order valence-corrected chi connectivity index (χ0v) is 17.2. The predicted molar refractivity (Wildman–Crippen MR) is 102 cm³/mol. The molecule has 9 heteroatoms. The van der Waals surface area contributed by atoms with Crippen LogP contribution in [0, 0.1) is 5.41 Å². The molecule has 0 spiro atoms. The van der Waals surface area contributed by atoms with Gasteiger partial charge in [0.2, 0.25) is 0 Å². The van der Waals surface area contributed by atoms with Crippen LogP contribution in [-0.2, 0) is 9.47 Å². The van der Waals surface area contributed by atoms with E-state index in [1.165, 1.54) is 13.3 Å². The van der Waals surface area contributed by atoms with Crippen molar-refractivity contribution >= 4 is 29.5 Å². The molecule has 1 N–H and O–H groups in total. The van der Waals surface area contributed by atoms with Crippen molar-refractivity contribution in [1.82, 2.24) is 15.3 Å². The number of hydrogen-bond donors (Lipinski definition) is 1. The quantitative estimate of drug-likeness (QED) is 0.779. The molecule has 0 aromatic carbocycles. The maximum absolute atomic E-state index is 11.9. The van der Waals surface area contributed by atoms with Gasteiger partial charge in [-0.1, -0.05) is 18.5 Å². The topological polar surface area (TPSA) is 93.7 Å². The first kappa shape index (κ1) is 21.2. The SMILES string of the molecule is COC(=O)c1ncc(N2CCC(C)(CNC(=O)OC(C)(C)C)CC2)nc1Cl. The first-order valence-electron chi connectivity index (χ1n) is 8.86. The van der Waals surface area contributed by atoms with Crippen LogP contribution in [-0.4, -0.2) is 54.4 Å². The van der Waals surface area contributed by atoms with Gasteiger partial charge in [0.1, 0.15) is 11.4 Å². The van der Waals surface area contributed by atoms with E-state index in [4.69, 9.17) is 16.3 Å². The van der Waals surface area contributed by atoms with Crippen molar-refractivity contribution in [1.29, 1.82) is 0 Å². The maximum Gasteiger partial charge on any atom is 0.407 e. The standard InChI is InChI=1S/C18H27ClN4O4/c1-17(2,3)27-16(25)21-11-18(4)6-8-23(9-7-18)12-10-20-13(14(19)22-12)15(24)26-5/h10H,6-9,11H2,1-5H3,(H,21,25). The lowest BCUT2D eigenvalue weighted by Gasteiger charge is -2.40. The highest BCUT2D eigenvalue weighted by Gasteiger charge is 2.32. The van der Waals surface area contributed by atoms with E-state index in [1.54, 1.807) is 0 Å². The van der Waals surface area contributed by atoms with Gasteiger partial charge in [-0.25, -0.2) is 19.6 Å². The third-order valence-electron chi connectivity index (χ3n) is 4.45. The Morgan fingerprint density at radius 1 is 1.33 bits per heavy atom. The molecule has 2 rings (SSSR count). The number of carbonyl (C=O) groups is 2. The van der Waals surface area contributed by atoms with Gasteiger partial charge in [-0.3, -0.25) is 0 Å². The number of alkyl carbamates (subject to hydrolysis) is 1. The van der Waals surface area contributed by atoms with E-state index in [0.717, 1.165) is 25.9 Å². The molecule has 1 aliphatic rings. The number of piperidine rings is 1. The second kappa shape index (κ2) is 8.29. The minimum absolute atomic E-state index is 0.00586. The van der Waals surface area contributed by atoms with Crippen molar-refractivity contribution in [2.24, 2.45) is 5.41 Å². The number of ether oxygens (including phenoxy) is 2. The molecule has 0 atom stereocenters. The number of anilines is 1. The average Bonchev–Trinajstić information content (AvgIpc) is 2.58. The summed E-state index contributed by atoms with van der Waals surface area (Å²) in [6, 6.07) is 0. The van der Waals surface area contributed by atoms with Gasteiger partial charge in [-0.05, 0) is 39.0 Å². The molecule has 0 unspecified atom stereocenters. The third kappa shape index (κ3) is 5.95. The molecule has 1 fully saturated rings. The summed E-state index contributed by atoms with van der Waals surface area (Å²) in [4.78, 5) is 33.8. The van der Waals surface area contributed by atoms with E-state index in [0.29, 0.717) is 12.4 Å². The molecule has 1 aromatic rings. The molecule has 1 aliphatic heterocycles. The second-order valence-electron chi connectivity index (χ2n) is 8.01. The Hall–Kier alpha value is -2.09. The molecule has 0 saturated carbocycles. The van der Waals surface area contributed by atoms with E-state index in [1.807, 2.05) is 20.8 Å². The zero-order chi connectivity index (χ0) is 20.2. The van der Waals surface area contributed by atoms with Crippen LogP contribution in [0.15, 0.2) is 6.20 Å². The van der Waals surface area contributed by atoms with Crippen LogP contribution in [0.4, 0.5) is 10.6 Å². The highest BCUT2D eigenvalue weighted by molar-refractivity contribution is 6.32. The van der Waals surface area contributed by atoms with Gasteiger partial charge >= 0.3 is 12.1 Å². The first-order valence-corrected chi connectivity index (χ1v) is 9.23. The molecular formula is C18H27ClN4O4. The molecule has 0 bridgehead atoms. The summed E-state index contributed by atoms with van der Waals surface area (Å²) in [5.41, 5.74) is -0.537. The highest BCUT2D eigenvalue weighted by Crippen LogP contribution is 2.32. The van der Waals surface area contributed by atoms with Crippen LogP contribution in [0.3, 0.4) is 0 Å². The summed E-state index contributed by atoms with van der Waals surface area (Å²) in [5.74, 6) is 0.00768. The van der Waals surface area contributed by atoms with E-state index < -0.39 is 17.7 Å². The van der Waals surface area contributed by atoms with E-state index in [2.05, 4.69) is 31.8 Å². The summed E-state index contributed by atoms with van der Waals surface area (Å²) >= 11 is 6.05. The monoisotopic (exact) mass is 398 g/mol. The molecule has 150 valence electrons. The lowest BCUT2D eigenvalue weighted by Crippen LogP contribution is -2.46. The van der Waals surface area contributed by atoms with Crippen molar-refractivity contribution in [2.45, 2.75) is 46.1 Å². The second-order valence-corrected chi connectivity index (χ2v) is 8.37. The summed E-state index contributed by atoms with van der Waals surface area (Å²) in [6.45, 7) is 9.69. The number of nitrogens with zero attached hydrogens (tertiary/aromatic N) is 3. The Kier molecular flexibility index (Phi) is 6.51. The van der Waals surface area contributed by atoms with Crippen molar-refractivity contribution in [3.05, 3.63) is 17.0 Å². The van der Waals surface area contributed by atoms with Gasteiger partial charge in [0.05, 0.1) is 13.3 Å². The minimum Gasteiger partial charge on any atom is -0.464 e. The molecule has 0 radical (unpaired) electrons. The Morgan fingerprint density at radius 2 is 1.96 bits per heavy atom. The third-order valence-corrected chi connectivity index (χ3v) is 4.71. The van der Waals surface area contributed by atoms with Gasteiger partial charge in [-0.15, -0.1) is 0 Å². The highest BCUT2D eigenvalue weighted by atomic mass is 35.5. The summed E-state index contributed by atoms with van der Waals surface area (Å²) < 4.78 is 9.91. The lowest BCUT2D eigenvalue weighted by molar-refractivity contribution is 0.0494. The normalized spacial score (nSPS) is 16.6. The van der Waals surface area contributed by atoms with Crippen molar-refractivity contribution in [3.63, 3.8) is 0 Å². The number of halogens is 1. The van der Waals surface area contributed by atoms with Gasteiger partial charge < -0.3 is 19.7 Å². The predicted octanol–water partition coefficient (Wildman–Crippen LogP) is 3.05. The Morgan fingerprint density at radius 3 is 2.48 bits per heavy atom.